The molecule has 0 saturated heterocycles. The molecule has 7 nitrogen and oxygen atoms in total. The predicted molar refractivity (Wildman–Crippen MR) is 61.6 cm³/mol. The van der Waals surface area contributed by atoms with Crippen molar-refractivity contribution < 1.29 is 9.90 Å². The number of aromatic nitrogens is 1. The number of rotatable bonds is 3. The first-order valence-electron chi connectivity index (χ1n) is 4.97. The summed E-state index contributed by atoms with van der Waals surface area (Å²) >= 11 is 0. The summed E-state index contributed by atoms with van der Waals surface area (Å²) in [5.74, 6) is 0. The molecular formula is C10H11N5O2. The second kappa shape index (κ2) is 5.17. The highest BCUT2D eigenvalue weighted by Crippen LogP contribution is 1.99. The van der Waals surface area contributed by atoms with Crippen LogP contribution in [-0.2, 0) is 0 Å². The second-order valence-corrected chi connectivity index (χ2v) is 3.34. The van der Waals surface area contributed by atoms with Gasteiger partial charge in [0.2, 0.25) is 0 Å². The molecule has 0 bridgehead atoms. The molecule has 1 aliphatic heterocycles. The molecule has 88 valence electrons. The third-order valence-corrected chi connectivity index (χ3v) is 2.09. The number of pyridine rings is 1. The molecule has 0 fully saturated rings. The van der Waals surface area contributed by atoms with Gasteiger partial charge in [0.25, 0.3) is 0 Å². The topological polar surface area (TPSA) is 90.2 Å². The molecule has 1 aromatic heterocycles. The van der Waals surface area contributed by atoms with E-state index in [0.717, 1.165) is 5.56 Å². The van der Waals surface area contributed by atoms with Gasteiger partial charge >= 0.3 is 6.03 Å². The average molecular weight is 233 g/mol. The number of nitrogens with one attached hydrogen (secondary N) is 1. The molecule has 0 spiro atoms. The Morgan fingerprint density at radius 1 is 1.65 bits per heavy atom. The highest BCUT2D eigenvalue weighted by molar-refractivity contribution is 5.94. The third-order valence-electron chi connectivity index (χ3n) is 2.09. The van der Waals surface area contributed by atoms with E-state index in [1.54, 1.807) is 18.5 Å². The lowest BCUT2D eigenvalue weighted by molar-refractivity contribution is 0.203. The van der Waals surface area contributed by atoms with Crippen LogP contribution in [0, 0.1) is 0 Å². The molecule has 17 heavy (non-hydrogen) atoms. The maximum atomic E-state index is 11.4. The Morgan fingerprint density at radius 3 is 3.24 bits per heavy atom. The fourth-order valence-corrected chi connectivity index (χ4v) is 1.23. The van der Waals surface area contributed by atoms with E-state index in [0.29, 0.717) is 5.71 Å². The molecule has 2 heterocycles. The Kier molecular flexibility index (Phi) is 3.41. The standard InChI is InChI=1S/C10H11N5O2/c16-7-9-6-15(10(17)14-13-9)12-5-8-2-1-3-11-4-8/h1-5,16H,6-7H2,(H,14,17)/b12-5+. The fraction of sp³-hybridized carbons (Fsp3) is 0.200. The molecular weight excluding hydrogens is 222 g/mol. The first kappa shape index (κ1) is 11.2. The number of urea groups is 1. The van der Waals surface area contributed by atoms with Crippen LogP contribution in [0.2, 0.25) is 0 Å². The van der Waals surface area contributed by atoms with Gasteiger partial charge in [-0.2, -0.15) is 10.2 Å². The molecule has 2 N–H and O–H groups in total. The zero-order chi connectivity index (χ0) is 12.1. The van der Waals surface area contributed by atoms with Gasteiger partial charge in [-0.25, -0.2) is 15.2 Å². The van der Waals surface area contributed by atoms with E-state index in [-0.39, 0.29) is 13.2 Å². The Bertz CT molecular complexity index is 457. The van der Waals surface area contributed by atoms with Crippen molar-refractivity contribution in [1.29, 1.82) is 0 Å². The zero-order valence-electron chi connectivity index (χ0n) is 8.95. The Hall–Kier alpha value is -2.28. The van der Waals surface area contributed by atoms with Crippen LogP contribution < -0.4 is 5.43 Å². The minimum absolute atomic E-state index is 0.180. The molecule has 7 heteroatoms. The molecule has 2 rings (SSSR count). The lowest BCUT2D eigenvalue weighted by atomic mass is 10.3. The van der Waals surface area contributed by atoms with Crippen LogP contribution in [0.1, 0.15) is 5.56 Å². The van der Waals surface area contributed by atoms with Crippen LogP contribution >= 0.6 is 0 Å². The van der Waals surface area contributed by atoms with Crippen molar-refractivity contribution in [3.05, 3.63) is 30.1 Å². The Balaban J connectivity index is 2.06. The first-order chi connectivity index (χ1) is 8.29. The SMILES string of the molecule is O=C1NN=C(CO)CN1/N=C/c1cccnc1. The summed E-state index contributed by atoms with van der Waals surface area (Å²) in [6, 6.07) is 3.17. The maximum absolute atomic E-state index is 11.4. The van der Waals surface area contributed by atoms with Gasteiger partial charge in [-0.3, -0.25) is 4.98 Å². The van der Waals surface area contributed by atoms with E-state index in [2.05, 4.69) is 20.6 Å². The molecule has 0 saturated carbocycles. The summed E-state index contributed by atoms with van der Waals surface area (Å²) in [6.45, 7) is -0.0295. The van der Waals surface area contributed by atoms with Gasteiger partial charge in [0, 0.05) is 18.0 Å². The van der Waals surface area contributed by atoms with Gasteiger partial charge in [0.05, 0.1) is 25.1 Å². The Morgan fingerprint density at radius 2 is 2.53 bits per heavy atom. The van der Waals surface area contributed by atoms with Crippen molar-refractivity contribution in [1.82, 2.24) is 15.4 Å². The van der Waals surface area contributed by atoms with Crippen molar-refractivity contribution in [2.24, 2.45) is 10.2 Å². The van der Waals surface area contributed by atoms with Crippen molar-refractivity contribution in [2.75, 3.05) is 13.2 Å². The van der Waals surface area contributed by atoms with Crippen LogP contribution in [0.5, 0.6) is 0 Å². The molecule has 0 aromatic carbocycles. The number of nitrogens with zero attached hydrogens (tertiary/aromatic N) is 4. The molecule has 1 aromatic rings. The summed E-state index contributed by atoms with van der Waals surface area (Å²) in [6.07, 6.45) is 4.81. The van der Waals surface area contributed by atoms with Gasteiger partial charge in [-0.1, -0.05) is 6.07 Å². The third kappa shape index (κ3) is 2.85. The van der Waals surface area contributed by atoms with Crippen LogP contribution in [0.25, 0.3) is 0 Å². The first-order valence-corrected chi connectivity index (χ1v) is 4.97. The monoisotopic (exact) mass is 233 g/mol. The quantitative estimate of drug-likeness (QED) is 0.708. The van der Waals surface area contributed by atoms with Crippen LogP contribution in [0.3, 0.4) is 0 Å². The largest absolute Gasteiger partial charge is 0.390 e. The predicted octanol–water partition coefficient (Wildman–Crippen LogP) is -0.211. The molecule has 2 amide bonds. The minimum atomic E-state index is -0.428. The van der Waals surface area contributed by atoms with Crippen molar-refractivity contribution in [3.63, 3.8) is 0 Å². The second-order valence-electron chi connectivity index (χ2n) is 3.34. The van der Waals surface area contributed by atoms with Crippen molar-refractivity contribution in [3.8, 4) is 0 Å². The molecule has 0 radical (unpaired) electrons. The van der Waals surface area contributed by atoms with E-state index in [1.807, 2.05) is 6.07 Å². The van der Waals surface area contributed by atoms with E-state index >= 15 is 0 Å². The summed E-state index contributed by atoms with van der Waals surface area (Å²) < 4.78 is 0. The highest BCUT2D eigenvalue weighted by Gasteiger charge is 2.19. The smallest absolute Gasteiger partial charge is 0.358 e. The lowest BCUT2D eigenvalue weighted by Crippen LogP contribution is -2.43. The van der Waals surface area contributed by atoms with Gasteiger partial charge < -0.3 is 5.11 Å². The minimum Gasteiger partial charge on any atom is -0.390 e. The molecule has 0 aliphatic carbocycles. The van der Waals surface area contributed by atoms with Gasteiger partial charge in [0.15, 0.2) is 0 Å². The van der Waals surface area contributed by atoms with Crippen LogP contribution in [0.15, 0.2) is 34.7 Å². The van der Waals surface area contributed by atoms with Crippen LogP contribution in [-0.4, -0.2) is 46.2 Å². The van der Waals surface area contributed by atoms with E-state index in [4.69, 9.17) is 5.11 Å². The Labute approximate surface area is 97.5 Å². The summed E-state index contributed by atoms with van der Waals surface area (Å²) in [5, 5.41) is 17.8. The van der Waals surface area contributed by atoms with Crippen molar-refractivity contribution in [2.45, 2.75) is 0 Å². The van der Waals surface area contributed by atoms with E-state index < -0.39 is 6.03 Å². The van der Waals surface area contributed by atoms with Gasteiger partial charge in [-0.15, -0.1) is 0 Å². The van der Waals surface area contributed by atoms with E-state index in [9.17, 15) is 4.79 Å². The number of hydrogen-bond acceptors (Lipinski definition) is 5. The fourth-order valence-electron chi connectivity index (χ4n) is 1.23. The molecule has 1 aliphatic rings. The number of amides is 2. The zero-order valence-corrected chi connectivity index (χ0v) is 8.95. The number of hydrogen-bond donors (Lipinski definition) is 2. The summed E-state index contributed by atoms with van der Waals surface area (Å²) in [4.78, 5) is 15.3. The maximum Gasteiger partial charge on any atom is 0.358 e. The summed E-state index contributed by atoms with van der Waals surface area (Å²) in [5.41, 5.74) is 3.49. The number of carbonyl (C=O) groups is 1. The highest BCUT2D eigenvalue weighted by atomic mass is 16.3. The molecule has 0 unspecified atom stereocenters. The number of carbonyl (C=O) groups excluding carboxylic acids is 1. The van der Waals surface area contributed by atoms with Gasteiger partial charge in [0.1, 0.15) is 0 Å². The van der Waals surface area contributed by atoms with Crippen molar-refractivity contribution >= 4 is 18.0 Å². The lowest BCUT2D eigenvalue weighted by Gasteiger charge is -2.20. The number of aliphatic hydroxyl groups is 1. The normalized spacial score (nSPS) is 15.9. The van der Waals surface area contributed by atoms with Crippen LogP contribution in [0.4, 0.5) is 4.79 Å². The summed E-state index contributed by atoms with van der Waals surface area (Å²) in [7, 11) is 0. The molecule has 0 atom stereocenters. The number of hydrazone groups is 2. The van der Waals surface area contributed by atoms with E-state index in [1.165, 1.54) is 11.2 Å². The number of aliphatic hydroxyl groups excluding tert-OH is 1. The van der Waals surface area contributed by atoms with Gasteiger partial charge in [-0.05, 0) is 6.07 Å². The average Bonchev–Trinajstić information content (AvgIpc) is 2.39.